The summed E-state index contributed by atoms with van der Waals surface area (Å²) in [6.07, 6.45) is 1.77. The van der Waals surface area contributed by atoms with Crippen molar-refractivity contribution in [3.8, 4) is 0 Å². The predicted octanol–water partition coefficient (Wildman–Crippen LogP) is 31.5. The minimum atomic E-state index is -0.256. The molecule has 27 heteroatoms. The van der Waals surface area contributed by atoms with Crippen molar-refractivity contribution in [3.63, 3.8) is 0 Å². The summed E-state index contributed by atoms with van der Waals surface area (Å²) in [5.41, 5.74) is 22.9. The fraction of sp³-hybridized carbons (Fsp3) is 0.100. The van der Waals surface area contributed by atoms with Gasteiger partial charge < -0.3 is 33.2 Å². The average molecular weight is 1980 g/mol. The summed E-state index contributed by atoms with van der Waals surface area (Å²) in [6.45, 7) is 25.1. The van der Waals surface area contributed by atoms with Gasteiger partial charge in [-0.25, -0.2) is 14.4 Å². The molecule has 0 atom stereocenters. The van der Waals surface area contributed by atoms with Crippen LogP contribution in [0.25, 0.3) is 78.0 Å². The molecule has 0 radical (unpaired) electrons. The second-order valence-electron chi connectivity index (χ2n) is 28.3. The Morgan fingerprint density at radius 2 is 0.575 bits per heavy atom. The highest BCUT2D eigenvalue weighted by Crippen LogP contribution is 2.48. The Labute approximate surface area is 806 Å². The lowest BCUT2D eigenvalue weighted by Gasteiger charge is -2.05. The van der Waals surface area contributed by atoms with Gasteiger partial charge in [-0.2, -0.15) is 11.3 Å². The van der Waals surface area contributed by atoms with Crippen molar-refractivity contribution >= 4 is 279 Å². The van der Waals surface area contributed by atoms with E-state index in [0.717, 1.165) is 158 Å². The molecular weight excluding hydrogens is 1910 g/mol. The van der Waals surface area contributed by atoms with Crippen molar-refractivity contribution in [2.24, 2.45) is 0 Å². The standard InChI is InChI=1S/3C15H11ClO2S.C15H11ClOS.C14H10ClNOS.2C13H9ClOS2/c3*1-9-4-2-3-5-10(9)14-11(8-18-15(14)17)12-6-7-13(16)19-12;1-10-15(11-5-3-2-4-6-11)12(9-17-10)13-7-8-14(16)18-13;1-9-14(11-4-2-3-7-16-11)10(8-17-9)12-5-6-13(15)18-12;1-8-13(9-4-5-16-7-9)10(6-15-8)11-2-3-12(14)17-11;1-8-13(11-3-2-6-16-11)9(7-15-8)10-4-5-12(14)17-10/h3*2-7H,8H2,1H3;2-8H,1,9H2;2-7H,1,8H2;2-5,7H,1,6H2;2-6H,1,7H2. The Kier molecular flexibility index (Phi) is 30.8. The zero-order valence-corrected chi connectivity index (χ0v) is 80.4. The smallest absolute Gasteiger partial charge is 0.339 e. The maximum Gasteiger partial charge on any atom is 0.339 e. The number of allylic oxidation sites excluding steroid dienone is 4. The first-order valence-electron chi connectivity index (χ1n) is 38.9. The van der Waals surface area contributed by atoms with Gasteiger partial charge in [-0.05, 0) is 191 Å². The number of esters is 3. The van der Waals surface area contributed by atoms with Crippen LogP contribution in [0.15, 0.2) is 296 Å². The molecule has 10 aromatic heterocycles. The maximum atomic E-state index is 12.0. The van der Waals surface area contributed by atoms with E-state index in [2.05, 4.69) is 71.7 Å². The molecule has 7 aliphatic heterocycles. The number of nitrogens with zero attached hydrogens (tertiary/aromatic N) is 1. The average Bonchev–Trinajstić information content (AvgIpc) is 1.68. The predicted molar refractivity (Wildman–Crippen MR) is 539 cm³/mol. The fourth-order valence-electron chi connectivity index (χ4n) is 14.4. The van der Waals surface area contributed by atoms with Crippen LogP contribution in [0.2, 0.25) is 30.4 Å². The van der Waals surface area contributed by atoms with Gasteiger partial charge in [-0.15, -0.1) is 90.7 Å². The number of hydrogen-bond donors (Lipinski definition) is 0. The Hall–Kier alpha value is -9.89. The monoisotopic (exact) mass is 1980 g/mol. The van der Waals surface area contributed by atoms with Crippen LogP contribution in [0.1, 0.15) is 89.2 Å². The molecule has 0 N–H and O–H groups in total. The number of hydrogen-bond acceptors (Lipinski definition) is 20. The molecule has 21 rings (SSSR count). The lowest BCUT2D eigenvalue weighted by atomic mass is 9.97. The van der Waals surface area contributed by atoms with E-state index in [4.69, 9.17) is 114 Å². The number of benzene rings is 4. The zero-order chi connectivity index (χ0) is 88.9. The lowest BCUT2D eigenvalue weighted by molar-refractivity contribution is -0.134. The van der Waals surface area contributed by atoms with E-state index in [0.29, 0.717) is 81.7 Å². The Morgan fingerprint density at radius 1 is 0.276 bits per heavy atom. The molecule has 17 heterocycles. The Balaban J connectivity index is 0.000000114. The number of halogens is 7. The third-order valence-corrected chi connectivity index (χ3v) is 31.0. The van der Waals surface area contributed by atoms with Gasteiger partial charge >= 0.3 is 17.9 Å². The normalized spacial score (nSPS) is 15.1. The number of carbonyl (C=O) groups excluding carboxylic acids is 3. The minimum Gasteiger partial charge on any atom is -0.489 e. The summed E-state index contributed by atoms with van der Waals surface area (Å²) >= 11 is 55.9. The largest absolute Gasteiger partial charge is 0.489 e. The van der Waals surface area contributed by atoms with Crippen molar-refractivity contribution in [1.29, 1.82) is 0 Å². The summed E-state index contributed by atoms with van der Waals surface area (Å²) < 4.78 is 43.2. The Morgan fingerprint density at radius 3 is 0.882 bits per heavy atom. The van der Waals surface area contributed by atoms with Crippen LogP contribution < -0.4 is 0 Å². The van der Waals surface area contributed by atoms with Gasteiger partial charge in [0.1, 0.15) is 69.3 Å². The van der Waals surface area contributed by atoms with Crippen molar-refractivity contribution < 1.29 is 47.5 Å². The first-order valence-corrected chi connectivity index (χ1v) is 49.1. The molecule has 0 unspecified atom stereocenters. The maximum absolute atomic E-state index is 12.0. The van der Waals surface area contributed by atoms with Crippen molar-refractivity contribution in [1.82, 2.24) is 4.98 Å². The summed E-state index contributed by atoms with van der Waals surface area (Å²) in [4.78, 5) is 49.2. The van der Waals surface area contributed by atoms with Gasteiger partial charge in [0.15, 0.2) is 0 Å². The van der Waals surface area contributed by atoms with Crippen molar-refractivity contribution in [2.75, 3.05) is 46.2 Å². The lowest BCUT2D eigenvalue weighted by Crippen LogP contribution is -2.00. The highest BCUT2D eigenvalue weighted by atomic mass is 35.5. The number of cyclic esters (lactones) is 3. The van der Waals surface area contributed by atoms with Crippen LogP contribution in [0.4, 0.5) is 0 Å². The molecule has 0 saturated carbocycles. The van der Waals surface area contributed by atoms with Gasteiger partial charge in [-0.1, -0.05) is 223 Å². The second kappa shape index (κ2) is 42.6. The number of pyridine rings is 1. The fourth-order valence-corrected chi connectivity index (χ4v) is 23.4. The first kappa shape index (κ1) is 91.8. The molecule has 0 fully saturated rings. The van der Waals surface area contributed by atoms with E-state index in [1.54, 1.807) is 74.2 Å². The summed E-state index contributed by atoms with van der Waals surface area (Å²) in [5.74, 6) is 2.15. The van der Waals surface area contributed by atoms with Gasteiger partial charge in [0.2, 0.25) is 0 Å². The molecule has 0 amide bonds. The number of aryl methyl sites for hydroxylation is 3. The Bertz CT molecular complexity index is 6250. The van der Waals surface area contributed by atoms with Gasteiger partial charge in [0, 0.05) is 107 Å². The quantitative estimate of drug-likeness (QED) is 0.0762. The third-order valence-electron chi connectivity index (χ3n) is 20.3. The molecule has 0 saturated heterocycles. The molecule has 0 bridgehead atoms. The van der Waals surface area contributed by atoms with Crippen LogP contribution in [-0.4, -0.2) is 69.1 Å². The molecule has 14 aromatic rings. The molecule has 0 spiro atoms. The van der Waals surface area contributed by atoms with E-state index in [1.807, 2.05) is 221 Å². The first-order chi connectivity index (χ1) is 61.5. The van der Waals surface area contributed by atoms with Crippen molar-refractivity contribution in [3.05, 3.63) is 416 Å². The van der Waals surface area contributed by atoms with Crippen LogP contribution >= 0.6 is 183 Å². The van der Waals surface area contributed by atoms with Crippen LogP contribution in [-0.2, 0) is 47.5 Å². The van der Waals surface area contributed by atoms with Crippen LogP contribution in [0.3, 0.4) is 0 Å². The highest BCUT2D eigenvalue weighted by molar-refractivity contribution is 7.20. The SMILES string of the molecule is C=C1OCC(c2ccc(Cl)s2)=C1c1ccccc1.C=C1OCC(c2ccc(Cl)s2)=C1c1ccccn1.C=C1OCC(c2ccc(Cl)s2)=C1c1cccs1.C=C1OCC(c2ccc(Cl)s2)=C1c1ccsc1.Cc1ccccc1C1=C(c2ccc(Cl)s2)COC1=O.Cc1ccccc1C1=C(c2ccc(Cl)s2)COC1=O.Cc1ccccc1C1=C(c2ccc(Cl)s2)COC1=O. The summed E-state index contributed by atoms with van der Waals surface area (Å²) in [6, 6.07) is 72.8. The molecule has 0 aliphatic carbocycles. The topological polar surface area (TPSA) is 129 Å². The van der Waals surface area contributed by atoms with Crippen LogP contribution in [0, 0.1) is 20.8 Å². The van der Waals surface area contributed by atoms with E-state index in [1.165, 1.54) is 61.2 Å². The molecule has 640 valence electrons. The van der Waals surface area contributed by atoms with E-state index >= 15 is 0 Å². The number of aromatic nitrogens is 1. The molecule has 127 heavy (non-hydrogen) atoms. The number of thiophene rings is 9. The molecule has 11 nitrogen and oxygen atoms in total. The van der Waals surface area contributed by atoms with Gasteiger partial charge in [0.05, 0.1) is 52.8 Å². The van der Waals surface area contributed by atoms with Crippen LogP contribution in [0.5, 0.6) is 0 Å². The van der Waals surface area contributed by atoms with Crippen molar-refractivity contribution in [2.45, 2.75) is 20.8 Å². The minimum absolute atomic E-state index is 0.256. The third kappa shape index (κ3) is 21.8. The summed E-state index contributed by atoms with van der Waals surface area (Å²) in [7, 11) is 0. The molecular formula is C100H72Cl7NO10S9. The van der Waals surface area contributed by atoms with E-state index < -0.39 is 0 Å². The number of ether oxygens (including phenoxy) is 7. The molecule has 4 aromatic carbocycles. The zero-order valence-electron chi connectivity index (χ0n) is 67.8. The molecule has 7 aliphatic rings. The van der Waals surface area contributed by atoms with Gasteiger partial charge in [-0.3, -0.25) is 4.98 Å². The number of rotatable bonds is 14. The highest BCUT2D eigenvalue weighted by Gasteiger charge is 2.34. The van der Waals surface area contributed by atoms with Gasteiger partial charge in [0.25, 0.3) is 0 Å². The van der Waals surface area contributed by atoms with E-state index in [-0.39, 0.29) is 17.9 Å². The summed E-state index contributed by atoms with van der Waals surface area (Å²) in [5, 5.41) is 6.24. The number of carbonyl (C=O) groups is 3. The second-order valence-corrected chi connectivity index (χ2v) is 42.0. The van der Waals surface area contributed by atoms with E-state index in [9.17, 15) is 14.4 Å².